The number of hydrogen-bond acceptors (Lipinski definition) is 4. The molecule has 1 aromatic rings. The predicted octanol–water partition coefficient (Wildman–Crippen LogP) is 1.50. The monoisotopic (exact) mass is 272 g/mol. The van der Waals surface area contributed by atoms with Crippen LogP contribution in [-0.4, -0.2) is 32.4 Å². The first-order chi connectivity index (χ1) is 8.27. The third-order valence-electron chi connectivity index (χ3n) is 2.62. The normalized spacial score (nSPS) is 13.1. The number of hydrogen-bond donors (Lipinski definition) is 1. The lowest BCUT2D eigenvalue weighted by Crippen LogP contribution is -2.21. The van der Waals surface area contributed by atoms with Crippen LogP contribution in [-0.2, 0) is 14.6 Å². The standard InChI is InChI=1S/C12H16O5S/c1-8-6-10(4-5-11(8)17-3)18(15,16)7-9(2)12(13)14/h4-6,9H,7H2,1-3H3,(H,13,14). The van der Waals surface area contributed by atoms with Gasteiger partial charge in [0.2, 0.25) is 0 Å². The average molecular weight is 272 g/mol. The molecule has 6 heteroatoms. The number of rotatable bonds is 5. The molecular formula is C12H16O5S. The second-order valence-corrected chi connectivity index (χ2v) is 6.19. The van der Waals surface area contributed by atoms with Crippen molar-refractivity contribution in [2.45, 2.75) is 18.7 Å². The molecule has 1 N–H and O–H groups in total. The van der Waals surface area contributed by atoms with Crippen LogP contribution >= 0.6 is 0 Å². The number of methoxy groups -OCH3 is 1. The molecule has 0 radical (unpaired) electrons. The van der Waals surface area contributed by atoms with Crippen LogP contribution in [0.1, 0.15) is 12.5 Å². The number of aliphatic carboxylic acids is 1. The Balaban J connectivity index is 3.06. The van der Waals surface area contributed by atoms with Crippen molar-refractivity contribution in [1.29, 1.82) is 0 Å². The van der Waals surface area contributed by atoms with Crippen molar-refractivity contribution in [3.63, 3.8) is 0 Å². The lowest BCUT2D eigenvalue weighted by atomic mass is 10.2. The van der Waals surface area contributed by atoms with Gasteiger partial charge in [-0.05, 0) is 30.7 Å². The van der Waals surface area contributed by atoms with Crippen LogP contribution in [0.25, 0.3) is 0 Å². The molecule has 0 heterocycles. The Bertz CT molecular complexity index is 548. The Morgan fingerprint density at radius 3 is 2.50 bits per heavy atom. The van der Waals surface area contributed by atoms with Gasteiger partial charge in [0.1, 0.15) is 5.75 Å². The first-order valence-electron chi connectivity index (χ1n) is 5.38. The summed E-state index contributed by atoms with van der Waals surface area (Å²) in [5, 5.41) is 8.74. The minimum Gasteiger partial charge on any atom is -0.496 e. The van der Waals surface area contributed by atoms with E-state index in [0.717, 1.165) is 0 Å². The number of carboxylic acids is 1. The number of carbonyl (C=O) groups is 1. The highest BCUT2D eigenvalue weighted by Gasteiger charge is 2.23. The van der Waals surface area contributed by atoms with Gasteiger partial charge in [-0.3, -0.25) is 4.79 Å². The summed E-state index contributed by atoms with van der Waals surface area (Å²) in [5.41, 5.74) is 0.696. The number of sulfone groups is 1. The quantitative estimate of drug-likeness (QED) is 0.878. The second-order valence-electron chi connectivity index (χ2n) is 4.15. The highest BCUT2D eigenvalue weighted by atomic mass is 32.2. The molecule has 0 aliphatic rings. The van der Waals surface area contributed by atoms with Crippen LogP contribution in [0.2, 0.25) is 0 Å². The third-order valence-corrected chi connectivity index (χ3v) is 4.53. The van der Waals surface area contributed by atoms with E-state index in [1.54, 1.807) is 13.0 Å². The molecule has 0 aromatic heterocycles. The summed E-state index contributed by atoms with van der Waals surface area (Å²) in [6, 6.07) is 4.48. The predicted molar refractivity (Wildman–Crippen MR) is 66.6 cm³/mol. The van der Waals surface area contributed by atoms with Crippen LogP contribution in [0.15, 0.2) is 23.1 Å². The number of ether oxygens (including phenoxy) is 1. The zero-order valence-electron chi connectivity index (χ0n) is 10.5. The van der Waals surface area contributed by atoms with E-state index < -0.39 is 27.5 Å². The van der Waals surface area contributed by atoms with Gasteiger partial charge in [-0.1, -0.05) is 6.92 Å². The van der Waals surface area contributed by atoms with Crippen molar-refractivity contribution >= 4 is 15.8 Å². The Hall–Kier alpha value is -1.56. The SMILES string of the molecule is COc1ccc(S(=O)(=O)CC(C)C(=O)O)cc1C. The van der Waals surface area contributed by atoms with E-state index in [0.29, 0.717) is 11.3 Å². The molecule has 1 unspecified atom stereocenters. The molecule has 0 aliphatic heterocycles. The zero-order valence-corrected chi connectivity index (χ0v) is 11.3. The van der Waals surface area contributed by atoms with Gasteiger partial charge in [0.05, 0.1) is 23.7 Å². The molecule has 0 bridgehead atoms. The summed E-state index contributed by atoms with van der Waals surface area (Å²) in [6.45, 7) is 3.11. The number of aryl methyl sites for hydroxylation is 1. The summed E-state index contributed by atoms with van der Waals surface area (Å²) in [4.78, 5) is 10.8. The Morgan fingerprint density at radius 2 is 2.06 bits per heavy atom. The molecule has 0 amide bonds. The molecule has 0 saturated heterocycles. The van der Waals surface area contributed by atoms with Gasteiger partial charge < -0.3 is 9.84 Å². The molecule has 0 spiro atoms. The average Bonchev–Trinajstić information content (AvgIpc) is 2.28. The van der Waals surface area contributed by atoms with Crippen molar-refractivity contribution in [3.05, 3.63) is 23.8 Å². The fraction of sp³-hybridized carbons (Fsp3) is 0.417. The van der Waals surface area contributed by atoms with E-state index in [-0.39, 0.29) is 4.90 Å². The van der Waals surface area contributed by atoms with Gasteiger partial charge in [-0.25, -0.2) is 8.42 Å². The van der Waals surface area contributed by atoms with Gasteiger partial charge in [-0.2, -0.15) is 0 Å². The Labute approximate surface area is 106 Å². The topological polar surface area (TPSA) is 80.7 Å². The minimum absolute atomic E-state index is 0.119. The van der Waals surface area contributed by atoms with Gasteiger partial charge in [0.25, 0.3) is 0 Å². The van der Waals surface area contributed by atoms with Crippen molar-refractivity contribution in [2.75, 3.05) is 12.9 Å². The van der Waals surface area contributed by atoms with Crippen LogP contribution in [0.4, 0.5) is 0 Å². The van der Waals surface area contributed by atoms with Crippen molar-refractivity contribution < 1.29 is 23.1 Å². The summed E-state index contributed by atoms with van der Waals surface area (Å²) in [7, 11) is -2.09. The second kappa shape index (κ2) is 5.39. The fourth-order valence-corrected chi connectivity index (χ4v) is 3.17. The molecule has 1 aromatic carbocycles. The Morgan fingerprint density at radius 1 is 1.44 bits per heavy atom. The smallest absolute Gasteiger partial charge is 0.307 e. The van der Waals surface area contributed by atoms with Crippen molar-refractivity contribution in [2.24, 2.45) is 5.92 Å². The zero-order chi connectivity index (χ0) is 13.9. The molecule has 0 fully saturated rings. The van der Waals surface area contributed by atoms with Crippen molar-refractivity contribution in [3.8, 4) is 5.75 Å². The Kier molecular flexibility index (Phi) is 4.34. The largest absolute Gasteiger partial charge is 0.496 e. The van der Waals surface area contributed by atoms with Crippen molar-refractivity contribution in [1.82, 2.24) is 0 Å². The van der Waals surface area contributed by atoms with E-state index in [1.165, 1.54) is 26.2 Å². The fourth-order valence-electron chi connectivity index (χ4n) is 1.54. The number of carboxylic acid groups (broad SMARTS) is 1. The number of benzene rings is 1. The van der Waals surface area contributed by atoms with Crippen LogP contribution in [0.5, 0.6) is 5.75 Å². The molecule has 1 rings (SSSR count). The van der Waals surface area contributed by atoms with Crippen LogP contribution in [0, 0.1) is 12.8 Å². The minimum atomic E-state index is -3.59. The molecule has 0 aliphatic carbocycles. The molecule has 0 saturated carbocycles. The summed E-state index contributed by atoms with van der Waals surface area (Å²) < 4.78 is 29.0. The van der Waals surface area contributed by atoms with Crippen LogP contribution < -0.4 is 4.74 Å². The van der Waals surface area contributed by atoms with E-state index >= 15 is 0 Å². The molecule has 100 valence electrons. The first-order valence-corrected chi connectivity index (χ1v) is 7.03. The maximum atomic E-state index is 12.0. The van der Waals surface area contributed by atoms with Crippen LogP contribution in [0.3, 0.4) is 0 Å². The lowest BCUT2D eigenvalue weighted by molar-refractivity contribution is -0.140. The van der Waals surface area contributed by atoms with Gasteiger partial charge in [-0.15, -0.1) is 0 Å². The van der Waals surface area contributed by atoms with Gasteiger partial charge >= 0.3 is 5.97 Å². The highest BCUT2D eigenvalue weighted by Crippen LogP contribution is 2.23. The molecule has 5 nitrogen and oxygen atoms in total. The molecule has 1 atom stereocenters. The maximum absolute atomic E-state index is 12.0. The lowest BCUT2D eigenvalue weighted by Gasteiger charge is -2.10. The summed E-state index contributed by atoms with van der Waals surface area (Å²) >= 11 is 0. The molecular weight excluding hydrogens is 256 g/mol. The van der Waals surface area contributed by atoms with Gasteiger partial charge in [0, 0.05) is 0 Å². The van der Waals surface area contributed by atoms with E-state index in [1.807, 2.05) is 0 Å². The summed E-state index contributed by atoms with van der Waals surface area (Å²) in [5.74, 6) is -1.87. The van der Waals surface area contributed by atoms with E-state index in [4.69, 9.17) is 9.84 Å². The maximum Gasteiger partial charge on any atom is 0.307 e. The highest BCUT2D eigenvalue weighted by molar-refractivity contribution is 7.91. The third kappa shape index (κ3) is 3.22. The first kappa shape index (κ1) is 14.5. The summed E-state index contributed by atoms with van der Waals surface area (Å²) in [6.07, 6.45) is 0. The molecule has 18 heavy (non-hydrogen) atoms. The van der Waals surface area contributed by atoms with Gasteiger partial charge in [0.15, 0.2) is 9.84 Å². The van der Waals surface area contributed by atoms with E-state index in [9.17, 15) is 13.2 Å². The van der Waals surface area contributed by atoms with E-state index in [2.05, 4.69) is 0 Å².